The average Bonchev–Trinajstić information content (AvgIpc) is 3.36. The van der Waals surface area contributed by atoms with Crippen molar-refractivity contribution in [2.45, 2.75) is 20.0 Å². The second-order valence-corrected chi connectivity index (χ2v) is 6.71. The first-order chi connectivity index (χ1) is 14.5. The maximum atomic E-state index is 12.6. The number of hydrogen-bond donors (Lipinski definition) is 4. The van der Waals surface area contributed by atoms with Gasteiger partial charge in [-0.25, -0.2) is 9.97 Å². The van der Waals surface area contributed by atoms with Gasteiger partial charge in [0.25, 0.3) is 11.8 Å². The number of fused-ring (bicyclic) bond motifs is 1. The van der Waals surface area contributed by atoms with Crippen LogP contribution in [-0.4, -0.2) is 42.8 Å². The number of rotatable bonds is 6. The summed E-state index contributed by atoms with van der Waals surface area (Å²) in [6.07, 6.45) is 6.09. The van der Waals surface area contributed by atoms with E-state index in [1.165, 1.54) is 12.4 Å². The molecule has 0 aliphatic carbocycles. The van der Waals surface area contributed by atoms with E-state index in [0.29, 0.717) is 33.9 Å². The lowest BCUT2D eigenvalue weighted by Gasteiger charge is -2.10. The van der Waals surface area contributed by atoms with E-state index in [1.807, 2.05) is 13.8 Å². The molecule has 0 bridgehead atoms. The number of imidazole rings is 2. The van der Waals surface area contributed by atoms with Crippen LogP contribution in [0.5, 0.6) is 5.75 Å². The van der Waals surface area contributed by atoms with Gasteiger partial charge in [-0.3, -0.25) is 25.2 Å². The molecule has 10 nitrogen and oxygen atoms in total. The molecule has 0 fully saturated rings. The van der Waals surface area contributed by atoms with Gasteiger partial charge in [0.05, 0.1) is 28.9 Å². The lowest BCUT2D eigenvalue weighted by Crippen LogP contribution is -2.14. The zero-order valence-corrected chi connectivity index (χ0v) is 16.3. The molecule has 4 rings (SSSR count). The zero-order chi connectivity index (χ0) is 21.1. The van der Waals surface area contributed by atoms with E-state index in [9.17, 15) is 9.59 Å². The highest BCUT2D eigenvalue weighted by Gasteiger charge is 2.16. The van der Waals surface area contributed by atoms with Gasteiger partial charge in [0, 0.05) is 18.6 Å². The van der Waals surface area contributed by atoms with Gasteiger partial charge in [-0.05, 0) is 32.0 Å². The van der Waals surface area contributed by atoms with Crippen molar-refractivity contribution < 1.29 is 14.3 Å². The van der Waals surface area contributed by atoms with Gasteiger partial charge in [0.15, 0.2) is 0 Å². The number of anilines is 2. The van der Waals surface area contributed by atoms with Crippen molar-refractivity contribution in [3.05, 3.63) is 60.2 Å². The number of amides is 2. The van der Waals surface area contributed by atoms with Crippen LogP contribution in [0.25, 0.3) is 11.0 Å². The summed E-state index contributed by atoms with van der Waals surface area (Å²) in [6.45, 7) is 3.78. The van der Waals surface area contributed by atoms with Crippen LogP contribution in [-0.2, 0) is 0 Å². The summed E-state index contributed by atoms with van der Waals surface area (Å²) >= 11 is 0. The van der Waals surface area contributed by atoms with E-state index in [0.717, 1.165) is 0 Å². The Kier molecular flexibility index (Phi) is 5.12. The minimum absolute atomic E-state index is 0.0359. The van der Waals surface area contributed by atoms with Crippen molar-refractivity contribution in [2.75, 3.05) is 10.6 Å². The molecule has 0 unspecified atom stereocenters. The van der Waals surface area contributed by atoms with Crippen molar-refractivity contribution in [1.82, 2.24) is 24.9 Å². The smallest absolute Gasteiger partial charge is 0.260 e. The van der Waals surface area contributed by atoms with Crippen molar-refractivity contribution >= 4 is 34.7 Å². The number of pyridine rings is 1. The molecular formula is C20H19N7O3. The lowest BCUT2D eigenvalue weighted by atomic mass is 10.2. The fourth-order valence-electron chi connectivity index (χ4n) is 2.84. The lowest BCUT2D eigenvalue weighted by molar-refractivity contribution is 0.101. The molecule has 0 saturated carbocycles. The van der Waals surface area contributed by atoms with Crippen LogP contribution >= 0.6 is 0 Å². The minimum Gasteiger partial charge on any atom is -0.489 e. The molecule has 0 atom stereocenters. The first-order valence-electron chi connectivity index (χ1n) is 9.22. The maximum Gasteiger partial charge on any atom is 0.260 e. The number of aromatic nitrogens is 5. The first kappa shape index (κ1) is 19.1. The minimum atomic E-state index is -0.405. The second kappa shape index (κ2) is 8.03. The molecule has 2 amide bonds. The van der Waals surface area contributed by atoms with E-state index in [4.69, 9.17) is 4.74 Å². The standard InChI is InChI=1S/C20H19N7O3/c1-11(2)30-13-8-12(9-21-10-13)17(28)26-20-24-15-5-3-4-14(16(15)25-20)18(29)27-19-22-6-7-23-19/h3-11H,1-2H3,(H2,22,23,27,29)(H2,24,25,26,28). The number of carbonyl (C=O) groups excluding carboxylic acids is 2. The van der Waals surface area contributed by atoms with Crippen LogP contribution in [0.1, 0.15) is 34.6 Å². The fourth-order valence-corrected chi connectivity index (χ4v) is 2.84. The Morgan fingerprint density at radius 2 is 1.93 bits per heavy atom. The summed E-state index contributed by atoms with van der Waals surface area (Å²) < 4.78 is 5.57. The van der Waals surface area contributed by atoms with E-state index in [2.05, 4.69) is 35.6 Å². The maximum absolute atomic E-state index is 12.6. The largest absolute Gasteiger partial charge is 0.489 e. The van der Waals surface area contributed by atoms with Gasteiger partial charge in [0.1, 0.15) is 11.3 Å². The van der Waals surface area contributed by atoms with Gasteiger partial charge >= 0.3 is 0 Å². The van der Waals surface area contributed by atoms with E-state index >= 15 is 0 Å². The molecule has 3 aromatic heterocycles. The summed E-state index contributed by atoms with van der Waals surface area (Å²) in [5, 5.41) is 5.35. The van der Waals surface area contributed by atoms with Gasteiger partial charge in [-0.1, -0.05) is 6.07 Å². The van der Waals surface area contributed by atoms with E-state index in [1.54, 1.807) is 36.7 Å². The van der Waals surface area contributed by atoms with E-state index < -0.39 is 5.91 Å². The summed E-state index contributed by atoms with van der Waals surface area (Å²) in [7, 11) is 0. The third kappa shape index (κ3) is 4.12. The Morgan fingerprint density at radius 3 is 2.70 bits per heavy atom. The van der Waals surface area contributed by atoms with Crippen LogP contribution in [0.15, 0.2) is 49.1 Å². The number of benzene rings is 1. The molecular weight excluding hydrogens is 386 g/mol. The zero-order valence-electron chi connectivity index (χ0n) is 16.3. The van der Waals surface area contributed by atoms with Crippen molar-refractivity contribution in [2.24, 2.45) is 0 Å². The summed E-state index contributed by atoms with van der Waals surface area (Å²) in [6, 6.07) is 6.73. The van der Waals surface area contributed by atoms with Crippen LogP contribution in [0.4, 0.5) is 11.9 Å². The monoisotopic (exact) mass is 405 g/mol. The normalized spacial score (nSPS) is 10.9. The molecule has 1 aromatic carbocycles. The van der Waals surface area contributed by atoms with Crippen LogP contribution in [0, 0.1) is 0 Å². The fraction of sp³-hybridized carbons (Fsp3) is 0.150. The van der Waals surface area contributed by atoms with Gasteiger partial charge in [-0.2, -0.15) is 0 Å². The number of aromatic amines is 2. The molecule has 10 heteroatoms. The summed E-state index contributed by atoms with van der Waals surface area (Å²) in [5.74, 6) is 0.264. The number of H-pyrrole nitrogens is 2. The highest BCUT2D eigenvalue weighted by molar-refractivity contribution is 6.11. The van der Waals surface area contributed by atoms with Crippen molar-refractivity contribution in [3.63, 3.8) is 0 Å². The molecule has 0 aliphatic rings. The van der Waals surface area contributed by atoms with Crippen LogP contribution in [0.2, 0.25) is 0 Å². The molecule has 4 N–H and O–H groups in total. The number of para-hydroxylation sites is 1. The Bertz CT molecular complexity index is 1200. The van der Waals surface area contributed by atoms with Gasteiger partial charge in [0.2, 0.25) is 11.9 Å². The molecule has 0 aliphatic heterocycles. The highest BCUT2D eigenvalue weighted by atomic mass is 16.5. The Morgan fingerprint density at radius 1 is 1.10 bits per heavy atom. The molecule has 30 heavy (non-hydrogen) atoms. The molecule has 3 heterocycles. The van der Waals surface area contributed by atoms with Gasteiger partial charge < -0.3 is 14.7 Å². The molecule has 4 aromatic rings. The van der Waals surface area contributed by atoms with Gasteiger partial charge in [-0.15, -0.1) is 0 Å². The number of ether oxygens (including phenoxy) is 1. The number of nitrogens with one attached hydrogen (secondary N) is 4. The predicted octanol–water partition coefficient (Wildman–Crippen LogP) is 2.97. The predicted molar refractivity (Wildman–Crippen MR) is 111 cm³/mol. The topological polar surface area (TPSA) is 138 Å². The molecule has 152 valence electrons. The Balaban J connectivity index is 1.55. The number of nitrogens with zero attached hydrogens (tertiary/aromatic N) is 3. The second-order valence-electron chi connectivity index (χ2n) is 6.71. The molecule has 0 radical (unpaired) electrons. The van der Waals surface area contributed by atoms with Crippen molar-refractivity contribution in [1.29, 1.82) is 0 Å². The Hall–Kier alpha value is -4.21. The highest BCUT2D eigenvalue weighted by Crippen LogP contribution is 2.20. The quantitative estimate of drug-likeness (QED) is 0.389. The molecule has 0 spiro atoms. The molecule has 0 saturated heterocycles. The average molecular weight is 405 g/mol. The summed E-state index contributed by atoms with van der Waals surface area (Å²) in [4.78, 5) is 43.4. The van der Waals surface area contributed by atoms with E-state index in [-0.39, 0.29) is 18.0 Å². The first-order valence-corrected chi connectivity index (χ1v) is 9.22. The van der Waals surface area contributed by atoms with Crippen LogP contribution < -0.4 is 15.4 Å². The SMILES string of the molecule is CC(C)Oc1cncc(C(=O)Nc2nc3c(C(=O)Nc4ncc[nH]4)cccc3[nH]2)c1. The number of hydrogen-bond acceptors (Lipinski definition) is 6. The van der Waals surface area contributed by atoms with Crippen molar-refractivity contribution in [3.8, 4) is 5.75 Å². The summed E-state index contributed by atoms with van der Waals surface area (Å²) in [5.41, 5.74) is 1.69. The number of carbonyl (C=O) groups is 2. The Labute approximate surface area is 171 Å². The van der Waals surface area contributed by atoms with Crippen LogP contribution in [0.3, 0.4) is 0 Å². The third-order valence-corrected chi connectivity index (χ3v) is 4.07. The third-order valence-electron chi connectivity index (χ3n) is 4.07.